The molecule has 1 saturated carbocycles. The van der Waals surface area contributed by atoms with E-state index >= 15 is 0 Å². The molecule has 5 heteroatoms. The van der Waals surface area contributed by atoms with Crippen molar-refractivity contribution in [2.45, 2.75) is 18.8 Å². The van der Waals surface area contributed by atoms with Crippen LogP contribution in [0.2, 0.25) is 0 Å². The summed E-state index contributed by atoms with van der Waals surface area (Å²) in [6.07, 6.45) is 1.78. The molecule has 1 aliphatic rings. The van der Waals surface area contributed by atoms with Gasteiger partial charge in [-0.05, 0) is 37.1 Å². The Hall–Kier alpha value is -3.08. The number of nitrogens with one attached hydrogen (secondary N) is 1. The van der Waals surface area contributed by atoms with Crippen LogP contribution in [0.1, 0.15) is 24.5 Å². The normalized spacial score (nSPS) is 13.5. The molecule has 0 radical (unpaired) electrons. The van der Waals surface area contributed by atoms with Gasteiger partial charge in [-0.2, -0.15) is 5.10 Å². The molecular weight excluding hydrogens is 302 g/mol. The van der Waals surface area contributed by atoms with Gasteiger partial charge in [0.25, 0.3) is 0 Å². The van der Waals surface area contributed by atoms with Crippen molar-refractivity contribution in [3.05, 3.63) is 72.4 Å². The molecule has 0 spiro atoms. The Morgan fingerprint density at radius 1 is 1.04 bits per heavy atom. The lowest BCUT2D eigenvalue weighted by atomic mass is 10.3. The summed E-state index contributed by atoms with van der Waals surface area (Å²) < 4.78 is 7.05. The Morgan fingerprint density at radius 2 is 1.71 bits per heavy atom. The van der Waals surface area contributed by atoms with Crippen molar-refractivity contribution in [1.29, 1.82) is 0 Å². The van der Waals surface area contributed by atoms with Crippen LogP contribution >= 0.6 is 0 Å². The SMILES string of the molecule is O=C(Nc1cc(C2CC2)nn1-c1ccccc1)Oc1ccccc1. The Labute approximate surface area is 139 Å². The average Bonchev–Trinajstić information content (AvgIpc) is 3.38. The topological polar surface area (TPSA) is 56.2 Å². The molecule has 1 aliphatic carbocycles. The molecule has 0 atom stereocenters. The number of benzene rings is 2. The molecule has 0 saturated heterocycles. The average molecular weight is 319 g/mol. The number of rotatable bonds is 4. The van der Waals surface area contributed by atoms with Gasteiger partial charge in [0.15, 0.2) is 0 Å². The predicted octanol–water partition coefficient (Wildman–Crippen LogP) is 4.36. The summed E-state index contributed by atoms with van der Waals surface area (Å²) in [6.45, 7) is 0. The van der Waals surface area contributed by atoms with E-state index < -0.39 is 6.09 Å². The number of hydrogen-bond acceptors (Lipinski definition) is 3. The highest BCUT2D eigenvalue weighted by molar-refractivity contribution is 5.85. The third-order valence-electron chi connectivity index (χ3n) is 3.91. The molecule has 1 amide bonds. The van der Waals surface area contributed by atoms with Crippen LogP contribution in [-0.2, 0) is 0 Å². The zero-order valence-electron chi connectivity index (χ0n) is 13.1. The van der Waals surface area contributed by atoms with Gasteiger partial charge < -0.3 is 4.74 Å². The molecule has 4 rings (SSSR count). The first-order valence-electron chi connectivity index (χ1n) is 7.99. The summed E-state index contributed by atoms with van der Waals surface area (Å²) in [5.74, 6) is 1.62. The van der Waals surface area contributed by atoms with E-state index in [1.54, 1.807) is 16.8 Å². The fourth-order valence-electron chi connectivity index (χ4n) is 2.56. The first kappa shape index (κ1) is 14.5. The van der Waals surface area contributed by atoms with Crippen molar-refractivity contribution < 1.29 is 9.53 Å². The van der Waals surface area contributed by atoms with Gasteiger partial charge >= 0.3 is 6.09 Å². The first-order chi connectivity index (χ1) is 11.8. The second-order valence-electron chi connectivity index (χ2n) is 5.80. The molecule has 0 aliphatic heterocycles. The van der Waals surface area contributed by atoms with E-state index in [4.69, 9.17) is 4.74 Å². The van der Waals surface area contributed by atoms with Gasteiger partial charge in [0.2, 0.25) is 0 Å². The number of carbonyl (C=O) groups excluding carboxylic acids is 1. The van der Waals surface area contributed by atoms with E-state index in [1.165, 1.54) is 0 Å². The number of aromatic nitrogens is 2. The van der Waals surface area contributed by atoms with Crippen molar-refractivity contribution in [2.75, 3.05) is 5.32 Å². The largest absolute Gasteiger partial charge is 0.418 e. The van der Waals surface area contributed by atoms with Crippen LogP contribution in [-0.4, -0.2) is 15.9 Å². The first-order valence-corrected chi connectivity index (χ1v) is 7.99. The van der Waals surface area contributed by atoms with E-state index in [0.717, 1.165) is 24.2 Å². The summed E-state index contributed by atoms with van der Waals surface area (Å²) in [6, 6.07) is 20.7. The van der Waals surface area contributed by atoms with Gasteiger partial charge in [0.1, 0.15) is 11.6 Å². The summed E-state index contributed by atoms with van der Waals surface area (Å²) >= 11 is 0. The summed E-state index contributed by atoms with van der Waals surface area (Å²) in [4.78, 5) is 12.2. The lowest BCUT2D eigenvalue weighted by Gasteiger charge is -2.09. The van der Waals surface area contributed by atoms with Crippen molar-refractivity contribution in [1.82, 2.24) is 9.78 Å². The van der Waals surface area contributed by atoms with Crippen LogP contribution in [0.4, 0.5) is 10.6 Å². The van der Waals surface area contributed by atoms with Crippen molar-refractivity contribution in [3.8, 4) is 11.4 Å². The standard InChI is InChI=1S/C19H17N3O2/c23-19(24-16-9-5-2-6-10-16)20-18-13-17(14-11-12-14)21-22(18)15-7-3-1-4-8-15/h1-10,13-14H,11-12H2,(H,20,23). The van der Waals surface area contributed by atoms with Crippen LogP contribution < -0.4 is 10.1 Å². The van der Waals surface area contributed by atoms with E-state index in [1.807, 2.05) is 54.6 Å². The predicted molar refractivity (Wildman–Crippen MR) is 91.6 cm³/mol. The smallest absolute Gasteiger partial charge is 0.410 e. The number of anilines is 1. The molecule has 1 N–H and O–H groups in total. The zero-order valence-corrected chi connectivity index (χ0v) is 13.1. The minimum atomic E-state index is -0.527. The Morgan fingerprint density at radius 3 is 2.38 bits per heavy atom. The number of hydrogen-bond donors (Lipinski definition) is 1. The number of amides is 1. The van der Waals surface area contributed by atoms with Crippen molar-refractivity contribution in [2.24, 2.45) is 0 Å². The van der Waals surface area contributed by atoms with Crippen LogP contribution in [0.25, 0.3) is 5.69 Å². The molecule has 1 heterocycles. The summed E-state index contributed by atoms with van der Waals surface area (Å²) in [5.41, 5.74) is 1.91. The van der Waals surface area contributed by atoms with E-state index in [0.29, 0.717) is 17.5 Å². The molecule has 1 aromatic heterocycles. The summed E-state index contributed by atoms with van der Waals surface area (Å²) in [5, 5.41) is 7.45. The number of nitrogens with zero attached hydrogens (tertiary/aromatic N) is 2. The number of ether oxygens (including phenoxy) is 1. The van der Waals surface area contributed by atoms with E-state index in [9.17, 15) is 4.79 Å². The molecule has 2 aromatic carbocycles. The van der Waals surface area contributed by atoms with Gasteiger partial charge in [-0.15, -0.1) is 0 Å². The van der Waals surface area contributed by atoms with Crippen LogP contribution in [0.15, 0.2) is 66.7 Å². The maximum atomic E-state index is 12.2. The third kappa shape index (κ3) is 3.15. The molecule has 1 fully saturated rings. The van der Waals surface area contributed by atoms with Gasteiger partial charge in [0.05, 0.1) is 11.4 Å². The Bertz CT molecular complexity index is 840. The molecule has 3 aromatic rings. The second kappa shape index (κ2) is 6.20. The molecular formula is C19H17N3O2. The van der Waals surface area contributed by atoms with E-state index in [2.05, 4.69) is 10.4 Å². The molecule has 120 valence electrons. The van der Waals surface area contributed by atoms with Crippen molar-refractivity contribution >= 4 is 11.9 Å². The maximum absolute atomic E-state index is 12.2. The fraction of sp³-hybridized carbons (Fsp3) is 0.158. The second-order valence-corrected chi connectivity index (χ2v) is 5.80. The van der Waals surface area contributed by atoms with Gasteiger partial charge in [-0.25, -0.2) is 9.48 Å². The molecule has 0 bridgehead atoms. The monoisotopic (exact) mass is 319 g/mol. The van der Waals surface area contributed by atoms with Gasteiger partial charge in [-0.1, -0.05) is 36.4 Å². The lowest BCUT2D eigenvalue weighted by molar-refractivity contribution is 0.215. The minimum Gasteiger partial charge on any atom is -0.410 e. The van der Waals surface area contributed by atoms with E-state index in [-0.39, 0.29) is 0 Å². The Kier molecular flexibility index (Phi) is 3.75. The number of carbonyl (C=O) groups is 1. The maximum Gasteiger partial charge on any atom is 0.418 e. The lowest BCUT2D eigenvalue weighted by Crippen LogP contribution is -2.19. The third-order valence-corrected chi connectivity index (χ3v) is 3.91. The molecule has 0 unspecified atom stereocenters. The van der Waals surface area contributed by atoms with Gasteiger partial charge in [-0.3, -0.25) is 5.32 Å². The van der Waals surface area contributed by atoms with Crippen LogP contribution in [0.5, 0.6) is 5.75 Å². The fourth-order valence-corrected chi connectivity index (χ4v) is 2.56. The van der Waals surface area contributed by atoms with Crippen LogP contribution in [0, 0.1) is 0 Å². The highest BCUT2D eigenvalue weighted by Crippen LogP contribution is 2.40. The highest BCUT2D eigenvalue weighted by Gasteiger charge is 2.28. The number of para-hydroxylation sites is 2. The van der Waals surface area contributed by atoms with Gasteiger partial charge in [0, 0.05) is 12.0 Å². The zero-order chi connectivity index (χ0) is 16.4. The van der Waals surface area contributed by atoms with Crippen molar-refractivity contribution in [3.63, 3.8) is 0 Å². The van der Waals surface area contributed by atoms with Crippen LogP contribution in [0.3, 0.4) is 0 Å². The Balaban J connectivity index is 1.58. The quantitative estimate of drug-likeness (QED) is 0.777. The molecule has 5 nitrogen and oxygen atoms in total. The summed E-state index contributed by atoms with van der Waals surface area (Å²) in [7, 11) is 0. The highest BCUT2D eigenvalue weighted by atomic mass is 16.6. The minimum absolute atomic E-state index is 0.501. The molecule has 24 heavy (non-hydrogen) atoms.